The summed E-state index contributed by atoms with van der Waals surface area (Å²) < 4.78 is 0. The molecular formula is C15H24N4. The highest BCUT2D eigenvalue weighted by molar-refractivity contribution is 5.72. The van der Waals surface area contributed by atoms with Gasteiger partial charge in [-0.25, -0.2) is 9.97 Å². The van der Waals surface area contributed by atoms with Crippen molar-refractivity contribution in [1.82, 2.24) is 15.0 Å². The quantitative estimate of drug-likeness (QED) is 0.708. The van der Waals surface area contributed by atoms with E-state index in [1.807, 2.05) is 19.2 Å². The number of anilines is 1. The zero-order valence-corrected chi connectivity index (χ0v) is 12.0. The van der Waals surface area contributed by atoms with Crippen molar-refractivity contribution < 1.29 is 0 Å². The molecule has 2 rings (SSSR count). The van der Waals surface area contributed by atoms with Crippen LogP contribution in [0.3, 0.4) is 0 Å². The number of nitrogens with one attached hydrogen (secondary N) is 2. The Hall–Kier alpha value is -1.58. The summed E-state index contributed by atoms with van der Waals surface area (Å²) in [4.78, 5) is 12.3. The van der Waals surface area contributed by atoms with Crippen molar-refractivity contribution in [2.24, 2.45) is 0 Å². The minimum absolute atomic E-state index is 0.813. The lowest BCUT2D eigenvalue weighted by Crippen LogP contribution is -1.91. The number of hydrogen-bond acceptors (Lipinski definition) is 3. The molecule has 0 aliphatic heterocycles. The Morgan fingerprint density at radius 1 is 1.05 bits per heavy atom. The number of fused-ring (bicyclic) bond motifs is 1. The molecule has 0 saturated carbocycles. The molecule has 0 atom stereocenters. The third kappa shape index (κ3) is 3.94. The Balaban J connectivity index is 1.84. The summed E-state index contributed by atoms with van der Waals surface area (Å²) in [6, 6.07) is 4.00. The molecule has 0 saturated heterocycles. The van der Waals surface area contributed by atoms with Crippen LogP contribution in [-0.2, 0) is 6.42 Å². The van der Waals surface area contributed by atoms with Crippen LogP contribution in [0.1, 0.15) is 51.3 Å². The van der Waals surface area contributed by atoms with Crippen molar-refractivity contribution in [3.05, 3.63) is 18.0 Å². The predicted molar refractivity (Wildman–Crippen MR) is 80.5 cm³/mol. The summed E-state index contributed by atoms with van der Waals surface area (Å²) in [5.74, 6) is 1.93. The molecule has 0 spiro atoms. The molecule has 0 aliphatic carbocycles. The van der Waals surface area contributed by atoms with E-state index in [4.69, 9.17) is 0 Å². The summed E-state index contributed by atoms with van der Waals surface area (Å²) >= 11 is 0. The smallest absolute Gasteiger partial charge is 0.179 e. The number of hydrogen-bond donors (Lipinski definition) is 2. The van der Waals surface area contributed by atoms with Gasteiger partial charge in [0.1, 0.15) is 11.6 Å². The first-order valence-electron chi connectivity index (χ1n) is 7.37. The maximum Gasteiger partial charge on any atom is 0.179 e. The molecule has 2 heterocycles. The van der Waals surface area contributed by atoms with Crippen molar-refractivity contribution >= 4 is 17.0 Å². The third-order valence-electron chi connectivity index (χ3n) is 3.42. The van der Waals surface area contributed by atoms with Crippen LogP contribution in [0.2, 0.25) is 0 Å². The Labute approximate surface area is 115 Å². The lowest BCUT2D eigenvalue weighted by Gasteiger charge is -1.98. The molecule has 0 bridgehead atoms. The fourth-order valence-corrected chi connectivity index (χ4v) is 2.27. The SMILES string of the molecule is CCCCCCCCc1nc2nc(NC)ccc2[nH]1. The second kappa shape index (κ2) is 7.12. The summed E-state index contributed by atoms with van der Waals surface area (Å²) in [5.41, 5.74) is 1.84. The number of imidazole rings is 1. The fourth-order valence-electron chi connectivity index (χ4n) is 2.27. The van der Waals surface area contributed by atoms with E-state index < -0.39 is 0 Å². The lowest BCUT2D eigenvalue weighted by molar-refractivity contribution is 0.602. The van der Waals surface area contributed by atoms with Gasteiger partial charge in [0.15, 0.2) is 5.65 Å². The van der Waals surface area contributed by atoms with Gasteiger partial charge >= 0.3 is 0 Å². The number of unbranched alkanes of at least 4 members (excludes halogenated alkanes) is 5. The normalized spacial score (nSPS) is 11.1. The molecule has 0 aliphatic rings. The number of rotatable bonds is 8. The fraction of sp³-hybridized carbons (Fsp3) is 0.600. The van der Waals surface area contributed by atoms with Gasteiger partial charge in [0.2, 0.25) is 0 Å². The highest BCUT2D eigenvalue weighted by Gasteiger charge is 2.04. The lowest BCUT2D eigenvalue weighted by atomic mass is 10.1. The zero-order chi connectivity index (χ0) is 13.5. The van der Waals surface area contributed by atoms with Crippen LogP contribution in [0.5, 0.6) is 0 Å². The minimum atomic E-state index is 0.813. The van der Waals surface area contributed by atoms with Crippen LogP contribution in [0.25, 0.3) is 11.2 Å². The highest BCUT2D eigenvalue weighted by atomic mass is 15.0. The second-order valence-corrected chi connectivity index (χ2v) is 5.02. The Morgan fingerprint density at radius 3 is 2.63 bits per heavy atom. The van der Waals surface area contributed by atoms with Crippen molar-refractivity contribution in [2.75, 3.05) is 12.4 Å². The molecule has 19 heavy (non-hydrogen) atoms. The number of H-pyrrole nitrogens is 1. The van der Waals surface area contributed by atoms with Gasteiger partial charge in [-0.05, 0) is 18.6 Å². The first kappa shape index (κ1) is 13.8. The third-order valence-corrected chi connectivity index (χ3v) is 3.42. The number of aryl methyl sites for hydroxylation is 1. The van der Waals surface area contributed by atoms with E-state index in [9.17, 15) is 0 Å². The highest BCUT2D eigenvalue weighted by Crippen LogP contribution is 2.14. The van der Waals surface area contributed by atoms with Gasteiger partial charge in [-0.3, -0.25) is 0 Å². The van der Waals surface area contributed by atoms with Gasteiger partial charge in [0.05, 0.1) is 5.52 Å². The van der Waals surface area contributed by atoms with Gasteiger partial charge in [-0.1, -0.05) is 39.0 Å². The van der Waals surface area contributed by atoms with Crippen molar-refractivity contribution in [1.29, 1.82) is 0 Å². The monoisotopic (exact) mass is 260 g/mol. The Bertz CT molecular complexity index is 504. The van der Waals surface area contributed by atoms with Crippen LogP contribution in [0, 0.1) is 0 Å². The molecule has 0 radical (unpaired) electrons. The van der Waals surface area contributed by atoms with E-state index >= 15 is 0 Å². The standard InChI is InChI=1S/C15H24N4/c1-3-4-5-6-7-8-9-14-17-12-10-11-13(16-2)18-15(12)19-14/h10-11H,3-9H2,1-2H3,(H2,16,17,18,19). The van der Waals surface area contributed by atoms with E-state index in [0.29, 0.717) is 0 Å². The largest absolute Gasteiger partial charge is 0.373 e. The molecule has 0 unspecified atom stereocenters. The molecule has 0 aromatic carbocycles. The first-order chi connectivity index (χ1) is 9.33. The minimum Gasteiger partial charge on any atom is -0.373 e. The van der Waals surface area contributed by atoms with E-state index in [2.05, 4.69) is 27.2 Å². The van der Waals surface area contributed by atoms with Gasteiger partial charge in [0, 0.05) is 13.5 Å². The molecule has 4 nitrogen and oxygen atoms in total. The molecule has 2 aromatic rings. The zero-order valence-electron chi connectivity index (χ0n) is 12.0. The van der Waals surface area contributed by atoms with Crippen molar-refractivity contribution in [2.45, 2.75) is 51.9 Å². The molecule has 0 amide bonds. The van der Waals surface area contributed by atoms with Crippen molar-refractivity contribution in [3.63, 3.8) is 0 Å². The Kier molecular flexibility index (Phi) is 5.19. The molecular weight excluding hydrogens is 236 g/mol. The number of aromatic amines is 1. The summed E-state index contributed by atoms with van der Waals surface area (Å²) in [5, 5.41) is 3.04. The molecule has 0 fully saturated rings. The molecule has 2 N–H and O–H groups in total. The van der Waals surface area contributed by atoms with Crippen LogP contribution in [0.15, 0.2) is 12.1 Å². The van der Waals surface area contributed by atoms with Gasteiger partial charge in [0.25, 0.3) is 0 Å². The maximum absolute atomic E-state index is 4.55. The maximum atomic E-state index is 4.55. The van der Waals surface area contributed by atoms with E-state index in [0.717, 1.165) is 29.2 Å². The number of aromatic nitrogens is 3. The average Bonchev–Trinajstić information content (AvgIpc) is 2.84. The summed E-state index contributed by atoms with van der Waals surface area (Å²) in [7, 11) is 1.87. The second-order valence-electron chi connectivity index (χ2n) is 5.02. The van der Waals surface area contributed by atoms with E-state index in [1.54, 1.807) is 0 Å². The van der Waals surface area contributed by atoms with Gasteiger partial charge < -0.3 is 10.3 Å². The van der Waals surface area contributed by atoms with Crippen LogP contribution >= 0.6 is 0 Å². The number of nitrogens with zero attached hydrogens (tertiary/aromatic N) is 2. The Morgan fingerprint density at radius 2 is 1.84 bits per heavy atom. The topological polar surface area (TPSA) is 53.6 Å². The van der Waals surface area contributed by atoms with Crippen molar-refractivity contribution in [3.8, 4) is 0 Å². The molecule has 104 valence electrons. The molecule has 4 heteroatoms. The van der Waals surface area contributed by atoms with Crippen LogP contribution < -0.4 is 5.32 Å². The first-order valence-corrected chi connectivity index (χ1v) is 7.37. The van der Waals surface area contributed by atoms with Crippen LogP contribution in [0.4, 0.5) is 5.82 Å². The summed E-state index contributed by atoms with van der Waals surface area (Å²) in [6.07, 6.45) is 8.91. The molecule has 2 aromatic heterocycles. The van der Waals surface area contributed by atoms with Gasteiger partial charge in [-0.15, -0.1) is 0 Å². The average molecular weight is 260 g/mol. The van der Waals surface area contributed by atoms with Gasteiger partial charge in [-0.2, -0.15) is 0 Å². The number of pyridine rings is 1. The predicted octanol–water partition coefficient (Wildman–Crippen LogP) is 3.90. The van der Waals surface area contributed by atoms with Crippen LogP contribution in [-0.4, -0.2) is 22.0 Å². The van der Waals surface area contributed by atoms with E-state index in [-0.39, 0.29) is 0 Å². The van der Waals surface area contributed by atoms with E-state index in [1.165, 1.54) is 38.5 Å². The summed E-state index contributed by atoms with van der Waals surface area (Å²) in [6.45, 7) is 2.25.